The van der Waals surface area contributed by atoms with Crippen LogP contribution in [0.4, 0.5) is 0 Å². The fourth-order valence-corrected chi connectivity index (χ4v) is 1.33. The summed E-state index contributed by atoms with van der Waals surface area (Å²) in [5.74, 6) is 1.44. The molecule has 2 aromatic rings. The minimum atomic E-state index is -0.282. The Morgan fingerprint density at radius 1 is 1.32 bits per heavy atom. The van der Waals surface area contributed by atoms with Gasteiger partial charge >= 0.3 is 0 Å². The van der Waals surface area contributed by atoms with E-state index in [4.69, 9.17) is 15.0 Å². The number of nitrogens with zero attached hydrogens (tertiary/aromatic N) is 4. The lowest BCUT2D eigenvalue weighted by atomic mass is 10.1. The van der Waals surface area contributed by atoms with Gasteiger partial charge in [0.1, 0.15) is 12.0 Å². The Balaban J connectivity index is 0.00000180. The SMILES string of the molecule is COc1cc(-c2noc(C(N)C(C)C)n2)ncn1.Cl. The van der Waals surface area contributed by atoms with Crippen molar-refractivity contribution in [2.24, 2.45) is 11.7 Å². The summed E-state index contributed by atoms with van der Waals surface area (Å²) in [4.78, 5) is 12.2. The largest absolute Gasteiger partial charge is 0.481 e. The van der Waals surface area contributed by atoms with E-state index in [-0.39, 0.29) is 24.4 Å². The minimum Gasteiger partial charge on any atom is -0.481 e. The first kappa shape index (κ1) is 15.3. The van der Waals surface area contributed by atoms with Crippen molar-refractivity contribution < 1.29 is 9.26 Å². The molecule has 19 heavy (non-hydrogen) atoms. The number of hydrogen-bond donors (Lipinski definition) is 1. The number of rotatable bonds is 4. The molecule has 0 aromatic carbocycles. The van der Waals surface area contributed by atoms with E-state index < -0.39 is 0 Å². The van der Waals surface area contributed by atoms with Crippen molar-refractivity contribution in [2.45, 2.75) is 19.9 Å². The van der Waals surface area contributed by atoms with E-state index in [1.165, 1.54) is 13.4 Å². The Labute approximate surface area is 117 Å². The highest BCUT2D eigenvalue weighted by Crippen LogP contribution is 2.21. The average Bonchev–Trinajstić information content (AvgIpc) is 2.87. The van der Waals surface area contributed by atoms with Crippen LogP contribution in [0.25, 0.3) is 11.5 Å². The van der Waals surface area contributed by atoms with Crippen molar-refractivity contribution in [3.8, 4) is 17.4 Å². The molecule has 2 N–H and O–H groups in total. The van der Waals surface area contributed by atoms with Crippen LogP contribution in [0.3, 0.4) is 0 Å². The zero-order valence-electron chi connectivity index (χ0n) is 10.9. The van der Waals surface area contributed by atoms with Crippen molar-refractivity contribution in [3.63, 3.8) is 0 Å². The maximum Gasteiger partial charge on any atom is 0.244 e. The van der Waals surface area contributed by atoms with E-state index in [1.807, 2.05) is 13.8 Å². The minimum absolute atomic E-state index is 0. The highest BCUT2D eigenvalue weighted by atomic mass is 35.5. The molecule has 2 heterocycles. The highest BCUT2D eigenvalue weighted by molar-refractivity contribution is 5.85. The molecule has 104 valence electrons. The first-order valence-electron chi connectivity index (χ1n) is 5.57. The van der Waals surface area contributed by atoms with Crippen molar-refractivity contribution in [3.05, 3.63) is 18.3 Å². The van der Waals surface area contributed by atoms with Crippen LogP contribution < -0.4 is 10.5 Å². The van der Waals surface area contributed by atoms with Gasteiger partial charge in [-0.25, -0.2) is 9.97 Å². The first-order chi connectivity index (χ1) is 8.61. The number of hydrogen-bond acceptors (Lipinski definition) is 7. The van der Waals surface area contributed by atoms with Gasteiger partial charge in [-0.15, -0.1) is 12.4 Å². The third kappa shape index (κ3) is 3.39. The summed E-state index contributed by atoms with van der Waals surface area (Å²) in [6, 6.07) is 1.35. The van der Waals surface area contributed by atoms with Gasteiger partial charge < -0.3 is 15.0 Å². The third-order valence-electron chi connectivity index (χ3n) is 2.53. The number of halogens is 1. The maximum atomic E-state index is 5.93. The lowest BCUT2D eigenvalue weighted by Gasteiger charge is -2.09. The van der Waals surface area contributed by atoms with Crippen LogP contribution in [0.5, 0.6) is 5.88 Å². The zero-order valence-corrected chi connectivity index (χ0v) is 11.7. The molecule has 1 atom stereocenters. The fourth-order valence-electron chi connectivity index (χ4n) is 1.33. The summed E-state index contributed by atoms with van der Waals surface area (Å²) >= 11 is 0. The van der Waals surface area contributed by atoms with Gasteiger partial charge in [0.2, 0.25) is 17.6 Å². The van der Waals surface area contributed by atoms with Crippen LogP contribution in [-0.4, -0.2) is 27.2 Å². The molecular weight excluding hydrogens is 270 g/mol. The van der Waals surface area contributed by atoms with Crippen LogP contribution >= 0.6 is 12.4 Å². The molecule has 0 bridgehead atoms. The third-order valence-corrected chi connectivity index (χ3v) is 2.53. The molecular formula is C11H16ClN5O2. The molecule has 0 spiro atoms. The number of methoxy groups -OCH3 is 1. The van der Waals surface area contributed by atoms with E-state index in [9.17, 15) is 0 Å². The Bertz CT molecular complexity index is 531. The van der Waals surface area contributed by atoms with Crippen LogP contribution in [0.2, 0.25) is 0 Å². The van der Waals surface area contributed by atoms with E-state index in [1.54, 1.807) is 6.07 Å². The molecule has 0 aliphatic heterocycles. The van der Waals surface area contributed by atoms with Crippen molar-refractivity contribution in [1.29, 1.82) is 0 Å². The molecule has 0 saturated carbocycles. The summed E-state index contributed by atoms with van der Waals surface area (Å²) < 4.78 is 10.1. The van der Waals surface area contributed by atoms with Gasteiger partial charge in [-0.3, -0.25) is 0 Å². The number of nitrogens with two attached hydrogens (primary N) is 1. The van der Waals surface area contributed by atoms with E-state index in [0.29, 0.717) is 23.3 Å². The first-order valence-corrected chi connectivity index (χ1v) is 5.57. The molecule has 1 unspecified atom stereocenters. The van der Waals surface area contributed by atoms with Gasteiger partial charge in [-0.2, -0.15) is 4.98 Å². The predicted molar refractivity (Wildman–Crippen MR) is 70.9 cm³/mol. The maximum absolute atomic E-state index is 5.93. The van der Waals surface area contributed by atoms with E-state index in [2.05, 4.69) is 20.1 Å². The summed E-state index contributed by atoms with van der Waals surface area (Å²) in [6.45, 7) is 3.98. The molecule has 0 saturated heterocycles. The Morgan fingerprint density at radius 3 is 2.68 bits per heavy atom. The summed E-state index contributed by atoms with van der Waals surface area (Å²) in [6.07, 6.45) is 1.38. The molecule has 0 aliphatic carbocycles. The molecule has 0 amide bonds. The monoisotopic (exact) mass is 285 g/mol. The summed E-state index contributed by atoms with van der Waals surface area (Å²) in [7, 11) is 1.53. The Morgan fingerprint density at radius 2 is 2.05 bits per heavy atom. The van der Waals surface area contributed by atoms with Crippen LogP contribution in [0, 0.1) is 5.92 Å². The Hall–Kier alpha value is -1.73. The molecule has 2 rings (SSSR count). The molecule has 2 aromatic heterocycles. The van der Waals surface area contributed by atoms with Crippen LogP contribution in [0.1, 0.15) is 25.8 Å². The second kappa shape index (κ2) is 6.44. The van der Waals surface area contributed by atoms with Crippen molar-refractivity contribution in [1.82, 2.24) is 20.1 Å². The average molecular weight is 286 g/mol. The quantitative estimate of drug-likeness (QED) is 0.911. The standard InChI is InChI=1S/C11H15N5O2.ClH/c1-6(2)9(12)11-15-10(16-18-11)7-4-8(17-3)14-5-13-7;/h4-6,9H,12H2,1-3H3;1H. The van der Waals surface area contributed by atoms with Gasteiger partial charge in [0.05, 0.1) is 13.2 Å². The molecule has 0 fully saturated rings. The van der Waals surface area contributed by atoms with Crippen LogP contribution in [-0.2, 0) is 0 Å². The van der Waals surface area contributed by atoms with E-state index in [0.717, 1.165) is 0 Å². The summed E-state index contributed by atoms with van der Waals surface area (Å²) in [5, 5.41) is 3.85. The van der Waals surface area contributed by atoms with Gasteiger partial charge in [-0.1, -0.05) is 19.0 Å². The molecule has 0 aliphatic rings. The molecule has 8 heteroatoms. The lowest BCUT2D eigenvalue weighted by molar-refractivity contribution is 0.325. The van der Waals surface area contributed by atoms with Gasteiger partial charge in [0, 0.05) is 6.07 Å². The Kier molecular flexibility index (Phi) is 5.20. The summed E-state index contributed by atoms with van der Waals surface area (Å²) in [5.41, 5.74) is 6.47. The van der Waals surface area contributed by atoms with Crippen molar-refractivity contribution in [2.75, 3.05) is 7.11 Å². The number of aromatic nitrogens is 4. The lowest BCUT2D eigenvalue weighted by Crippen LogP contribution is -2.16. The zero-order chi connectivity index (χ0) is 13.1. The van der Waals surface area contributed by atoms with Crippen molar-refractivity contribution >= 4 is 12.4 Å². The van der Waals surface area contributed by atoms with Crippen LogP contribution in [0.15, 0.2) is 16.9 Å². The van der Waals surface area contributed by atoms with E-state index >= 15 is 0 Å². The van der Waals surface area contributed by atoms with Gasteiger partial charge in [0.25, 0.3) is 0 Å². The van der Waals surface area contributed by atoms with Gasteiger partial charge in [-0.05, 0) is 5.92 Å². The van der Waals surface area contributed by atoms with Gasteiger partial charge in [0.15, 0.2) is 0 Å². The second-order valence-corrected chi connectivity index (χ2v) is 4.17. The fraction of sp³-hybridized carbons (Fsp3) is 0.455. The normalized spacial score (nSPS) is 12.1. The topological polar surface area (TPSA) is 100.0 Å². The highest BCUT2D eigenvalue weighted by Gasteiger charge is 2.19. The molecule has 7 nitrogen and oxygen atoms in total. The smallest absolute Gasteiger partial charge is 0.244 e. The molecule has 0 radical (unpaired) electrons. The second-order valence-electron chi connectivity index (χ2n) is 4.17. The predicted octanol–water partition coefficient (Wildman–Crippen LogP) is 1.61. The number of ether oxygens (including phenoxy) is 1.